The van der Waals surface area contributed by atoms with Crippen LogP contribution in [-0.4, -0.2) is 40.2 Å². The van der Waals surface area contributed by atoms with Gasteiger partial charge in [-0.2, -0.15) is 0 Å². The number of thiophene rings is 1. The summed E-state index contributed by atoms with van der Waals surface area (Å²) >= 11 is 7.32. The van der Waals surface area contributed by atoms with Crippen LogP contribution in [0.5, 0.6) is 0 Å². The first-order chi connectivity index (χ1) is 12.5. The number of nitrogens with zero attached hydrogens (tertiary/aromatic N) is 2. The molecular weight excluding hydrogens is 368 g/mol. The van der Waals surface area contributed by atoms with Gasteiger partial charge in [-0.3, -0.25) is 9.59 Å². The second kappa shape index (κ2) is 8.06. The number of carbonyl (C=O) groups excluding carboxylic acids is 2. The Morgan fingerprint density at radius 2 is 2.04 bits per heavy atom. The van der Waals surface area contributed by atoms with Gasteiger partial charge in [-0.1, -0.05) is 35.9 Å². The molecule has 0 saturated carbocycles. The zero-order chi connectivity index (χ0) is 18.7. The normalized spacial score (nSPS) is 20.8. The van der Waals surface area contributed by atoms with Crippen molar-refractivity contribution in [1.82, 2.24) is 9.80 Å². The van der Waals surface area contributed by atoms with Gasteiger partial charge in [-0.15, -0.1) is 11.3 Å². The number of halogens is 1. The smallest absolute Gasteiger partial charge is 0.247 e. The van der Waals surface area contributed by atoms with Gasteiger partial charge in [0.2, 0.25) is 11.8 Å². The zero-order valence-corrected chi connectivity index (χ0v) is 16.3. The van der Waals surface area contributed by atoms with Gasteiger partial charge in [0.1, 0.15) is 6.04 Å². The maximum Gasteiger partial charge on any atom is 0.247 e. The number of piperazine rings is 1. The van der Waals surface area contributed by atoms with E-state index in [4.69, 9.17) is 11.6 Å². The predicted octanol–water partition coefficient (Wildman–Crippen LogP) is 3.86. The van der Waals surface area contributed by atoms with Crippen molar-refractivity contribution < 1.29 is 9.59 Å². The molecule has 2 heterocycles. The van der Waals surface area contributed by atoms with Crippen LogP contribution in [0.3, 0.4) is 0 Å². The van der Waals surface area contributed by atoms with Crippen LogP contribution in [0.4, 0.5) is 0 Å². The number of benzene rings is 1. The lowest BCUT2D eigenvalue weighted by Gasteiger charge is -2.43. The minimum absolute atomic E-state index is 0.0307. The van der Waals surface area contributed by atoms with Crippen molar-refractivity contribution >= 4 is 40.8 Å². The third-order valence-corrected chi connectivity index (χ3v) is 5.64. The molecule has 1 radical (unpaired) electrons. The third kappa shape index (κ3) is 4.17. The highest BCUT2D eigenvalue weighted by molar-refractivity contribution is 7.17. The topological polar surface area (TPSA) is 40.6 Å². The molecule has 135 valence electrons. The molecule has 0 N–H and O–H groups in total. The van der Waals surface area contributed by atoms with Gasteiger partial charge in [0, 0.05) is 30.1 Å². The first-order valence-corrected chi connectivity index (χ1v) is 9.64. The molecule has 2 aromatic rings. The summed E-state index contributed by atoms with van der Waals surface area (Å²) in [5.74, 6) is -0.186. The average molecular weight is 388 g/mol. The Morgan fingerprint density at radius 1 is 1.31 bits per heavy atom. The molecule has 1 saturated heterocycles. The van der Waals surface area contributed by atoms with Gasteiger partial charge >= 0.3 is 0 Å². The Kier molecular flexibility index (Phi) is 5.79. The van der Waals surface area contributed by atoms with Gasteiger partial charge in [0.05, 0.1) is 4.34 Å². The first-order valence-electron chi connectivity index (χ1n) is 8.45. The van der Waals surface area contributed by atoms with E-state index in [0.29, 0.717) is 17.4 Å². The lowest BCUT2D eigenvalue weighted by atomic mass is 10.1. The second-order valence-electron chi connectivity index (χ2n) is 6.37. The summed E-state index contributed by atoms with van der Waals surface area (Å²) in [4.78, 5) is 29.8. The van der Waals surface area contributed by atoms with Crippen LogP contribution < -0.4 is 0 Å². The van der Waals surface area contributed by atoms with E-state index in [1.165, 1.54) is 17.4 Å². The Bertz CT molecular complexity index is 818. The highest BCUT2D eigenvalue weighted by atomic mass is 35.5. The third-order valence-electron chi connectivity index (χ3n) is 4.45. The fourth-order valence-electron chi connectivity index (χ4n) is 3.22. The number of carbonyl (C=O) groups is 2. The van der Waals surface area contributed by atoms with Crippen LogP contribution in [0, 0.1) is 6.07 Å². The van der Waals surface area contributed by atoms with Crippen LogP contribution in [0.2, 0.25) is 4.34 Å². The van der Waals surface area contributed by atoms with Crippen LogP contribution >= 0.6 is 22.9 Å². The van der Waals surface area contributed by atoms with E-state index < -0.39 is 6.04 Å². The van der Waals surface area contributed by atoms with Crippen LogP contribution in [0.15, 0.2) is 42.5 Å². The first kappa shape index (κ1) is 18.7. The van der Waals surface area contributed by atoms with Crippen molar-refractivity contribution in [1.29, 1.82) is 0 Å². The quantitative estimate of drug-likeness (QED) is 0.747. The lowest BCUT2D eigenvalue weighted by Crippen LogP contribution is -2.61. The molecule has 2 atom stereocenters. The molecule has 0 aliphatic carbocycles. The SMILES string of the molecule is CC1CN(Cc2cc[c]cc2)C(=O)C(C)N1C(=O)C=Cc1ccc(Cl)s1. The molecule has 6 heteroatoms. The van der Waals surface area contributed by atoms with Crippen molar-refractivity contribution in [3.63, 3.8) is 0 Å². The van der Waals surface area contributed by atoms with E-state index in [-0.39, 0.29) is 17.9 Å². The summed E-state index contributed by atoms with van der Waals surface area (Å²) in [6.45, 7) is 4.83. The van der Waals surface area contributed by atoms with Gasteiger partial charge in [0.25, 0.3) is 0 Å². The van der Waals surface area contributed by atoms with Crippen molar-refractivity contribution in [2.24, 2.45) is 0 Å². The molecule has 1 aromatic heterocycles. The van der Waals surface area contributed by atoms with Crippen molar-refractivity contribution in [2.45, 2.75) is 32.5 Å². The van der Waals surface area contributed by atoms with Gasteiger partial charge in [-0.25, -0.2) is 0 Å². The predicted molar refractivity (Wildman–Crippen MR) is 105 cm³/mol. The average Bonchev–Trinajstić information content (AvgIpc) is 3.04. The standard InChI is InChI=1S/C20H20ClN2O2S/c1-14-12-22(13-16-6-4-3-5-7-16)20(25)15(2)23(14)19(24)11-9-17-8-10-18(21)26-17/h4-11,14-15H,12-13H2,1-2H3. The summed E-state index contributed by atoms with van der Waals surface area (Å²) in [6, 6.07) is 13.7. The van der Waals surface area contributed by atoms with Gasteiger partial charge in [0.15, 0.2) is 0 Å². The molecule has 1 aromatic carbocycles. The Balaban J connectivity index is 1.69. The van der Waals surface area contributed by atoms with Crippen LogP contribution in [0.25, 0.3) is 6.08 Å². The molecule has 4 nitrogen and oxygen atoms in total. The molecule has 0 spiro atoms. The van der Waals surface area contributed by atoms with E-state index in [9.17, 15) is 9.59 Å². The summed E-state index contributed by atoms with van der Waals surface area (Å²) in [7, 11) is 0. The molecule has 1 aliphatic rings. The summed E-state index contributed by atoms with van der Waals surface area (Å²) in [5.41, 5.74) is 1.06. The van der Waals surface area contributed by atoms with Gasteiger partial charge < -0.3 is 9.80 Å². The molecular formula is C20H20ClN2O2S. The highest BCUT2D eigenvalue weighted by Gasteiger charge is 2.37. The number of hydrogen-bond donors (Lipinski definition) is 0. The van der Waals surface area contributed by atoms with Crippen LogP contribution in [-0.2, 0) is 16.1 Å². The number of rotatable bonds is 4. The van der Waals surface area contributed by atoms with E-state index in [2.05, 4.69) is 6.07 Å². The van der Waals surface area contributed by atoms with E-state index in [1.54, 1.807) is 24.0 Å². The Morgan fingerprint density at radius 3 is 2.69 bits per heavy atom. The fourth-order valence-corrected chi connectivity index (χ4v) is 4.18. The zero-order valence-electron chi connectivity index (χ0n) is 14.7. The minimum atomic E-state index is -0.488. The second-order valence-corrected chi connectivity index (χ2v) is 8.12. The largest absolute Gasteiger partial charge is 0.335 e. The van der Waals surface area contributed by atoms with E-state index in [0.717, 1.165) is 10.4 Å². The van der Waals surface area contributed by atoms with Crippen molar-refractivity contribution in [2.75, 3.05) is 6.54 Å². The molecule has 2 unspecified atom stereocenters. The molecule has 1 aliphatic heterocycles. The summed E-state index contributed by atoms with van der Waals surface area (Å²) in [5, 5.41) is 0. The van der Waals surface area contributed by atoms with E-state index in [1.807, 2.05) is 42.2 Å². The monoisotopic (exact) mass is 387 g/mol. The van der Waals surface area contributed by atoms with Gasteiger partial charge in [-0.05, 0) is 43.7 Å². The van der Waals surface area contributed by atoms with Crippen molar-refractivity contribution in [3.05, 3.63) is 63.3 Å². The summed E-state index contributed by atoms with van der Waals surface area (Å²) < 4.78 is 0.682. The molecule has 3 rings (SSSR count). The fraction of sp³-hybridized carbons (Fsp3) is 0.300. The number of hydrogen-bond acceptors (Lipinski definition) is 3. The minimum Gasteiger partial charge on any atom is -0.335 e. The van der Waals surface area contributed by atoms with E-state index >= 15 is 0 Å². The Labute approximate surface area is 162 Å². The highest BCUT2D eigenvalue weighted by Crippen LogP contribution is 2.23. The maximum absolute atomic E-state index is 12.8. The Hall–Kier alpha value is -2.11. The maximum atomic E-state index is 12.8. The molecule has 2 amide bonds. The van der Waals surface area contributed by atoms with Crippen molar-refractivity contribution in [3.8, 4) is 0 Å². The molecule has 26 heavy (non-hydrogen) atoms. The molecule has 1 fully saturated rings. The summed E-state index contributed by atoms with van der Waals surface area (Å²) in [6.07, 6.45) is 3.26. The lowest BCUT2D eigenvalue weighted by molar-refractivity contribution is -0.152. The number of amides is 2. The van der Waals surface area contributed by atoms with Crippen LogP contribution in [0.1, 0.15) is 24.3 Å². The molecule has 0 bridgehead atoms.